The highest BCUT2D eigenvalue weighted by molar-refractivity contribution is 5.85. The van der Waals surface area contributed by atoms with E-state index in [0.29, 0.717) is 5.56 Å². The van der Waals surface area contributed by atoms with Crippen molar-refractivity contribution in [2.75, 3.05) is 5.32 Å². The molecule has 0 saturated heterocycles. The van der Waals surface area contributed by atoms with E-state index < -0.39 is 29.2 Å². The van der Waals surface area contributed by atoms with E-state index in [0.717, 1.165) is 11.6 Å². The molecule has 5 rings (SSSR count). The Morgan fingerprint density at radius 2 is 1.73 bits per heavy atom. The second-order valence-electron chi connectivity index (χ2n) is 8.69. The van der Waals surface area contributed by atoms with Crippen LogP contribution in [0.15, 0.2) is 67.1 Å². The first-order valence-electron chi connectivity index (χ1n) is 11.3. The number of nitrogens with one attached hydrogen (secondary N) is 2. The second-order valence-corrected chi connectivity index (χ2v) is 8.69. The normalized spacial score (nSPS) is 12.2. The summed E-state index contributed by atoms with van der Waals surface area (Å²) >= 11 is 0. The summed E-state index contributed by atoms with van der Waals surface area (Å²) < 4.78 is 54.0. The molecular formula is C27H20F3N3O4. The molecule has 0 aliphatic carbocycles. The standard InChI is InChI=1S/C27H20F3N3O4/c1-12-10-16(14(3)31-20-9-5-7-18(28)21(20)26-32-27(35)37-33-26)25-17(11-12)23(34)13(2)24(36-25)15-6-4-8-19(29)22(15)30/h4-11,14,31H,1-3H3,(H,32,33,35). The number of aryl methyl sites for hydroxylation is 1. The SMILES string of the molecule is Cc1cc(C(C)Nc2cccc(F)c2-c2noc(=O)[nH]2)c2oc(-c3cccc(F)c3F)c(C)c(=O)c2c1. The van der Waals surface area contributed by atoms with Crippen LogP contribution in [0.25, 0.3) is 33.7 Å². The minimum absolute atomic E-state index is 0.0167. The van der Waals surface area contributed by atoms with Crippen molar-refractivity contribution < 1.29 is 22.1 Å². The number of hydrogen-bond acceptors (Lipinski definition) is 6. The van der Waals surface area contributed by atoms with Gasteiger partial charge < -0.3 is 9.73 Å². The first kappa shape index (κ1) is 24.1. The van der Waals surface area contributed by atoms with Crippen LogP contribution in [0.5, 0.6) is 0 Å². The Morgan fingerprint density at radius 3 is 2.46 bits per heavy atom. The van der Waals surface area contributed by atoms with Gasteiger partial charge in [0.1, 0.15) is 17.2 Å². The first-order chi connectivity index (χ1) is 17.7. The van der Waals surface area contributed by atoms with Gasteiger partial charge in [0.25, 0.3) is 0 Å². The third-order valence-electron chi connectivity index (χ3n) is 6.12. The quantitative estimate of drug-likeness (QED) is 0.302. The van der Waals surface area contributed by atoms with Crippen molar-refractivity contribution >= 4 is 16.7 Å². The lowest BCUT2D eigenvalue weighted by Crippen LogP contribution is -2.13. The number of rotatable bonds is 5. The van der Waals surface area contributed by atoms with Gasteiger partial charge in [-0.15, -0.1) is 0 Å². The Kier molecular flexibility index (Phi) is 5.94. The van der Waals surface area contributed by atoms with Gasteiger partial charge in [-0.3, -0.25) is 14.3 Å². The van der Waals surface area contributed by atoms with Crippen molar-refractivity contribution in [2.24, 2.45) is 0 Å². The Morgan fingerprint density at radius 1 is 1.00 bits per heavy atom. The molecule has 188 valence electrons. The van der Waals surface area contributed by atoms with Crippen LogP contribution < -0.4 is 16.5 Å². The third kappa shape index (κ3) is 4.20. The molecule has 2 heterocycles. The van der Waals surface area contributed by atoms with Gasteiger partial charge in [0, 0.05) is 16.8 Å². The topological polar surface area (TPSA) is 101 Å². The molecule has 0 aliphatic rings. The summed E-state index contributed by atoms with van der Waals surface area (Å²) in [5, 5.41) is 7.02. The van der Waals surface area contributed by atoms with Gasteiger partial charge in [-0.25, -0.2) is 18.0 Å². The largest absolute Gasteiger partial charge is 0.455 e. The molecule has 3 aromatic carbocycles. The summed E-state index contributed by atoms with van der Waals surface area (Å²) in [6.07, 6.45) is 0. The van der Waals surface area contributed by atoms with Gasteiger partial charge >= 0.3 is 5.76 Å². The van der Waals surface area contributed by atoms with Crippen LogP contribution in [0.3, 0.4) is 0 Å². The van der Waals surface area contributed by atoms with Crippen LogP contribution in [0.1, 0.15) is 29.7 Å². The van der Waals surface area contributed by atoms with Gasteiger partial charge in [0.05, 0.1) is 22.6 Å². The molecule has 0 saturated carbocycles. The lowest BCUT2D eigenvalue weighted by molar-refractivity contribution is 0.387. The number of aromatic amines is 1. The highest BCUT2D eigenvalue weighted by Crippen LogP contribution is 2.35. The summed E-state index contributed by atoms with van der Waals surface area (Å²) in [6, 6.07) is 10.8. The highest BCUT2D eigenvalue weighted by Gasteiger charge is 2.23. The average molecular weight is 507 g/mol. The number of nitrogens with zero attached hydrogens (tertiary/aromatic N) is 1. The molecule has 0 aliphatic heterocycles. The molecule has 2 aromatic heterocycles. The predicted octanol–water partition coefficient (Wildman–Crippen LogP) is 6.01. The Balaban J connectivity index is 1.68. The summed E-state index contributed by atoms with van der Waals surface area (Å²) in [4.78, 5) is 27.1. The number of aromatic nitrogens is 2. The number of benzene rings is 3. The maximum absolute atomic E-state index is 14.8. The molecule has 0 spiro atoms. The third-order valence-corrected chi connectivity index (χ3v) is 6.12. The van der Waals surface area contributed by atoms with Gasteiger partial charge in [0.2, 0.25) is 0 Å². The minimum atomic E-state index is -1.13. The molecule has 37 heavy (non-hydrogen) atoms. The zero-order valence-electron chi connectivity index (χ0n) is 19.9. The molecule has 0 amide bonds. The predicted molar refractivity (Wildman–Crippen MR) is 132 cm³/mol. The van der Waals surface area contributed by atoms with Crippen molar-refractivity contribution in [3.8, 4) is 22.7 Å². The van der Waals surface area contributed by atoms with Crippen LogP contribution in [0, 0.1) is 31.3 Å². The van der Waals surface area contributed by atoms with Crippen molar-refractivity contribution in [3.05, 3.63) is 103 Å². The fourth-order valence-corrected chi connectivity index (χ4v) is 4.36. The molecule has 1 atom stereocenters. The van der Waals surface area contributed by atoms with E-state index in [1.807, 2.05) is 0 Å². The average Bonchev–Trinajstić information content (AvgIpc) is 3.29. The highest BCUT2D eigenvalue weighted by atomic mass is 19.2. The number of fused-ring (bicyclic) bond motifs is 1. The number of hydrogen-bond donors (Lipinski definition) is 2. The molecule has 5 aromatic rings. The fraction of sp³-hybridized carbons (Fsp3) is 0.148. The molecular weight excluding hydrogens is 487 g/mol. The summed E-state index contributed by atoms with van der Waals surface area (Å²) in [7, 11) is 0. The Hall–Kier alpha value is -4.60. The van der Waals surface area contributed by atoms with Crippen LogP contribution in [0.2, 0.25) is 0 Å². The van der Waals surface area contributed by atoms with Gasteiger partial charge in [0.15, 0.2) is 22.9 Å². The van der Waals surface area contributed by atoms with E-state index in [1.165, 1.54) is 31.2 Å². The molecule has 1 unspecified atom stereocenters. The lowest BCUT2D eigenvalue weighted by atomic mass is 9.98. The molecule has 7 nitrogen and oxygen atoms in total. The molecule has 0 bridgehead atoms. The van der Waals surface area contributed by atoms with Crippen LogP contribution in [0.4, 0.5) is 18.9 Å². The van der Waals surface area contributed by atoms with Gasteiger partial charge in [-0.2, -0.15) is 0 Å². The molecule has 0 radical (unpaired) electrons. The first-order valence-corrected chi connectivity index (χ1v) is 11.3. The number of halogens is 3. The van der Waals surface area contributed by atoms with Crippen LogP contribution >= 0.6 is 0 Å². The maximum atomic E-state index is 14.8. The Bertz CT molecular complexity index is 1790. The van der Waals surface area contributed by atoms with E-state index in [4.69, 9.17) is 4.42 Å². The van der Waals surface area contributed by atoms with Crippen molar-refractivity contribution in [3.63, 3.8) is 0 Å². The lowest BCUT2D eigenvalue weighted by Gasteiger charge is -2.20. The molecule has 10 heteroatoms. The molecule has 0 fully saturated rings. The molecule has 2 N–H and O–H groups in total. The van der Waals surface area contributed by atoms with E-state index in [-0.39, 0.29) is 50.4 Å². The van der Waals surface area contributed by atoms with E-state index >= 15 is 0 Å². The zero-order valence-corrected chi connectivity index (χ0v) is 19.9. The second kappa shape index (κ2) is 9.12. The summed E-state index contributed by atoms with van der Waals surface area (Å²) in [5.41, 5.74) is 1.30. The van der Waals surface area contributed by atoms with E-state index in [1.54, 1.807) is 32.0 Å². The van der Waals surface area contributed by atoms with Crippen LogP contribution in [-0.2, 0) is 0 Å². The van der Waals surface area contributed by atoms with Crippen molar-refractivity contribution in [1.29, 1.82) is 0 Å². The maximum Gasteiger partial charge on any atom is 0.439 e. The number of H-pyrrole nitrogens is 1. The zero-order chi connectivity index (χ0) is 26.4. The Labute approximate surface area is 207 Å². The minimum Gasteiger partial charge on any atom is -0.455 e. The smallest absolute Gasteiger partial charge is 0.439 e. The van der Waals surface area contributed by atoms with Gasteiger partial charge in [-0.05, 0) is 56.7 Å². The fourth-order valence-electron chi connectivity index (χ4n) is 4.36. The van der Waals surface area contributed by atoms with E-state index in [9.17, 15) is 22.8 Å². The summed E-state index contributed by atoms with van der Waals surface area (Å²) in [5.74, 6) is -3.86. The van der Waals surface area contributed by atoms with E-state index in [2.05, 4.69) is 20.0 Å². The van der Waals surface area contributed by atoms with Crippen molar-refractivity contribution in [2.45, 2.75) is 26.8 Å². The van der Waals surface area contributed by atoms with Crippen LogP contribution in [-0.4, -0.2) is 10.1 Å². The van der Waals surface area contributed by atoms with Gasteiger partial charge in [-0.1, -0.05) is 23.4 Å². The monoisotopic (exact) mass is 507 g/mol. The summed E-state index contributed by atoms with van der Waals surface area (Å²) in [6.45, 7) is 5.06. The number of anilines is 1. The van der Waals surface area contributed by atoms with Crippen molar-refractivity contribution in [1.82, 2.24) is 10.1 Å².